The van der Waals surface area contributed by atoms with E-state index in [0.29, 0.717) is 5.57 Å². The van der Waals surface area contributed by atoms with Crippen molar-refractivity contribution >= 4 is 6.09 Å². The standard InChI is InChI=1S/C8H11NO5/c10-2-3-1-4-7(6(12)5(3)11)14-8(13)9-4/h1,4-7,10-12H,2H2,(H,9,13). The van der Waals surface area contributed by atoms with Gasteiger partial charge in [-0.2, -0.15) is 0 Å². The molecule has 1 fully saturated rings. The van der Waals surface area contributed by atoms with Crippen LogP contribution in [0.5, 0.6) is 0 Å². The van der Waals surface area contributed by atoms with Gasteiger partial charge in [0.05, 0.1) is 12.6 Å². The molecule has 1 saturated heterocycles. The summed E-state index contributed by atoms with van der Waals surface area (Å²) in [6.07, 6.45) is -2.25. The van der Waals surface area contributed by atoms with Gasteiger partial charge in [0, 0.05) is 0 Å². The number of fused-ring (bicyclic) bond motifs is 1. The van der Waals surface area contributed by atoms with Gasteiger partial charge in [0.1, 0.15) is 12.2 Å². The molecular formula is C8H11NO5. The highest BCUT2D eigenvalue weighted by Crippen LogP contribution is 2.25. The number of nitrogens with one attached hydrogen (secondary N) is 1. The summed E-state index contributed by atoms with van der Waals surface area (Å²) in [6.45, 7) is -0.350. The van der Waals surface area contributed by atoms with Crippen molar-refractivity contribution in [2.24, 2.45) is 0 Å². The van der Waals surface area contributed by atoms with Crippen molar-refractivity contribution in [2.75, 3.05) is 6.61 Å². The van der Waals surface area contributed by atoms with Crippen LogP contribution in [0.1, 0.15) is 0 Å². The van der Waals surface area contributed by atoms with Gasteiger partial charge in [0.25, 0.3) is 0 Å². The van der Waals surface area contributed by atoms with Crippen LogP contribution in [-0.2, 0) is 4.74 Å². The monoisotopic (exact) mass is 201 g/mol. The highest BCUT2D eigenvalue weighted by Gasteiger charge is 2.45. The van der Waals surface area contributed by atoms with Crippen molar-refractivity contribution in [3.05, 3.63) is 11.6 Å². The van der Waals surface area contributed by atoms with Crippen LogP contribution in [-0.4, -0.2) is 52.4 Å². The summed E-state index contributed by atoms with van der Waals surface area (Å²) in [7, 11) is 0. The van der Waals surface area contributed by atoms with Crippen molar-refractivity contribution < 1.29 is 24.9 Å². The molecule has 78 valence electrons. The van der Waals surface area contributed by atoms with Crippen LogP contribution in [0.25, 0.3) is 0 Å². The van der Waals surface area contributed by atoms with Crippen LogP contribution in [0.3, 0.4) is 0 Å². The zero-order chi connectivity index (χ0) is 10.3. The average molecular weight is 201 g/mol. The Morgan fingerprint density at radius 1 is 1.50 bits per heavy atom. The summed E-state index contributed by atoms with van der Waals surface area (Å²) in [6, 6.07) is -0.469. The van der Waals surface area contributed by atoms with Gasteiger partial charge in [-0.05, 0) is 5.57 Å². The minimum absolute atomic E-state index is 0.296. The molecule has 0 aromatic rings. The van der Waals surface area contributed by atoms with Crippen LogP contribution >= 0.6 is 0 Å². The number of aliphatic hydroxyl groups excluding tert-OH is 3. The number of hydrogen-bond acceptors (Lipinski definition) is 5. The second-order valence-corrected chi connectivity index (χ2v) is 3.38. The lowest BCUT2D eigenvalue weighted by atomic mass is 9.89. The number of hydrogen-bond donors (Lipinski definition) is 4. The van der Waals surface area contributed by atoms with Gasteiger partial charge < -0.3 is 25.4 Å². The molecule has 0 aromatic heterocycles. The normalized spacial score (nSPS) is 41.1. The Morgan fingerprint density at radius 2 is 2.21 bits per heavy atom. The molecule has 0 radical (unpaired) electrons. The van der Waals surface area contributed by atoms with E-state index in [0.717, 1.165) is 0 Å². The maximum Gasteiger partial charge on any atom is 0.408 e. The second kappa shape index (κ2) is 3.23. The molecule has 1 aliphatic carbocycles. The average Bonchev–Trinajstić information content (AvgIpc) is 2.52. The molecule has 0 aromatic carbocycles. The van der Waals surface area contributed by atoms with Gasteiger partial charge in [-0.15, -0.1) is 0 Å². The number of ether oxygens (including phenoxy) is 1. The van der Waals surface area contributed by atoms with Gasteiger partial charge in [-0.3, -0.25) is 0 Å². The third kappa shape index (κ3) is 1.28. The molecule has 4 unspecified atom stereocenters. The molecule has 6 nitrogen and oxygen atoms in total. The smallest absolute Gasteiger partial charge is 0.408 e. The lowest BCUT2D eigenvalue weighted by molar-refractivity contribution is -0.0483. The molecule has 2 rings (SSSR count). The summed E-state index contributed by atoms with van der Waals surface area (Å²) >= 11 is 0. The number of rotatable bonds is 1. The first-order valence-electron chi connectivity index (χ1n) is 4.28. The van der Waals surface area contributed by atoms with Crippen molar-refractivity contribution in [1.29, 1.82) is 0 Å². The topological polar surface area (TPSA) is 99.0 Å². The molecule has 2 aliphatic rings. The molecule has 4 atom stereocenters. The first-order chi connectivity index (χ1) is 6.63. The quantitative estimate of drug-likeness (QED) is 0.372. The second-order valence-electron chi connectivity index (χ2n) is 3.38. The first-order valence-corrected chi connectivity index (χ1v) is 4.28. The zero-order valence-corrected chi connectivity index (χ0v) is 7.25. The fraction of sp³-hybridized carbons (Fsp3) is 0.625. The van der Waals surface area contributed by atoms with Crippen LogP contribution in [0, 0.1) is 0 Å². The Balaban J connectivity index is 2.26. The van der Waals surface area contributed by atoms with Crippen LogP contribution < -0.4 is 5.32 Å². The number of carbonyl (C=O) groups excluding carboxylic acids is 1. The first kappa shape index (κ1) is 9.45. The predicted molar refractivity (Wildman–Crippen MR) is 44.4 cm³/mol. The Kier molecular flexibility index (Phi) is 2.18. The van der Waals surface area contributed by atoms with E-state index >= 15 is 0 Å². The van der Waals surface area contributed by atoms with Gasteiger partial charge in [0.15, 0.2) is 6.10 Å². The van der Waals surface area contributed by atoms with Crippen LogP contribution in [0.2, 0.25) is 0 Å². The van der Waals surface area contributed by atoms with E-state index in [4.69, 9.17) is 9.84 Å². The van der Waals surface area contributed by atoms with E-state index in [2.05, 4.69) is 5.32 Å². The molecule has 6 heteroatoms. The third-order valence-electron chi connectivity index (χ3n) is 2.50. The fourth-order valence-corrected chi connectivity index (χ4v) is 1.74. The lowest BCUT2D eigenvalue weighted by Gasteiger charge is -2.30. The van der Waals surface area contributed by atoms with E-state index in [9.17, 15) is 15.0 Å². The number of alkyl carbamates (subject to hydrolysis) is 1. The fourth-order valence-electron chi connectivity index (χ4n) is 1.74. The van der Waals surface area contributed by atoms with Crippen LogP contribution in [0.4, 0.5) is 4.79 Å². The molecule has 0 bridgehead atoms. The maximum atomic E-state index is 10.8. The van der Waals surface area contributed by atoms with E-state index in [-0.39, 0.29) is 6.61 Å². The lowest BCUT2D eigenvalue weighted by Crippen LogP contribution is -2.49. The molecule has 14 heavy (non-hydrogen) atoms. The number of aliphatic hydroxyl groups is 3. The SMILES string of the molecule is O=C1NC2C=C(CO)C(O)C(O)C2O1. The Hall–Kier alpha value is -1.11. The van der Waals surface area contributed by atoms with Gasteiger partial charge in [-0.1, -0.05) is 6.08 Å². The third-order valence-corrected chi connectivity index (χ3v) is 2.50. The molecule has 1 amide bonds. The van der Waals surface area contributed by atoms with E-state index in [1.807, 2.05) is 0 Å². The van der Waals surface area contributed by atoms with E-state index in [1.165, 1.54) is 6.08 Å². The molecule has 0 spiro atoms. The Bertz CT molecular complexity index is 289. The highest BCUT2D eigenvalue weighted by molar-refractivity contribution is 5.71. The molecule has 0 saturated carbocycles. The van der Waals surface area contributed by atoms with Crippen LogP contribution in [0.15, 0.2) is 11.6 Å². The maximum absolute atomic E-state index is 10.8. The van der Waals surface area contributed by atoms with Gasteiger partial charge in [-0.25, -0.2) is 4.79 Å². The van der Waals surface area contributed by atoms with Gasteiger partial charge >= 0.3 is 6.09 Å². The van der Waals surface area contributed by atoms with Gasteiger partial charge in [0.2, 0.25) is 0 Å². The Labute approximate surface area is 79.8 Å². The summed E-state index contributed by atoms with van der Waals surface area (Å²) in [5.74, 6) is 0. The van der Waals surface area contributed by atoms with E-state index in [1.54, 1.807) is 0 Å². The largest absolute Gasteiger partial charge is 0.441 e. The minimum Gasteiger partial charge on any atom is -0.441 e. The number of amides is 1. The summed E-state index contributed by atoms with van der Waals surface area (Å²) < 4.78 is 4.75. The number of carbonyl (C=O) groups is 1. The summed E-state index contributed by atoms with van der Waals surface area (Å²) in [4.78, 5) is 10.8. The molecular weight excluding hydrogens is 190 g/mol. The zero-order valence-electron chi connectivity index (χ0n) is 7.25. The summed E-state index contributed by atoms with van der Waals surface area (Å²) in [5.41, 5.74) is 0.296. The van der Waals surface area contributed by atoms with Crippen molar-refractivity contribution in [3.63, 3.8) is 0 Å². The van der Waals surface area contributed by atoms with Crippen molar-refractivity contribution in [2.45, 2.75) is 24.4 Å². The minimum atomic E-state index is -1.19. The predicted octanol–water partition coefficient (Wildman–Crippen LogP) is -1.88. The molecule has 1 aliphatic heterocycles. The Morgan fingerprint density at radius 3 is 2.86 bits per heavy atom. The molecule has 1 heterocycles. The highest BCUT2D eigenvalue weighted by atomic mass is 16.6. The van der Waals surface area contributed by atoms with Crippen molar-refractivity contribution in [3.8, 4) is 0 Å². The van der Waals surface area contributed by atoms with Crippen molar-refractivity contribution in [1.82, 2.24) is 5.32 Å². The molecule has 4 N–H and O–H groups in total. The summed E-state index contributed by atoms with van der Waals surface area (Å²) in [5, 5.41) is 30.3. The van der Waals surface area contributed by atoms with E-state index < -0.39 is 30.4 Å².